The molecule has 0 bridgehead atoms. The van der Waals surface area contributed by atoms with Crippen LogP contribution >= 0.6 is 23.5 Å². The van der Waals surface area contributed by atoms with Crippen LogP contribution in [0.2, 0.25) is 0 Å². The molecule has 0 fully saturated rings. The fraction of sp³-hybridized carbons (Fsp3) is 0.300. The summed E-state index contributed by atoms with van der Waals surface area (Å²) in [4.78, 5) is 16.0. The summed E-state index contributed by atoms with van der Waals surface area (Å²) in [5, 5.41) is 0. The smallest absolute Gasteiger partial charge is 0.108 e. The molecular weight excluding hydrogens is 360 g/mol. The zero-order chi connectivity index (χ0) is 17.6. The van der Waals surface area contributed by atoms with Crippen LogP contribution in [0.25, 0.3) is 22.1 Å². The lowest BCUT2D eigenvalue weighted by Crippen LogP contribution is -1.96. The summed E-state index contributed by atoms with van der Waals surface area (Å²) >= 11 is 4.01. The summed E-state index contributed by atoms with van der Waals surface area (Å²) in [6, 6.07) is 16.4. The van der Waals surface area contributed by atoms with Crippen molar-refractivity contribution in [3.8, 4) is 0 Å². The van der Waals surface area contributed by atoms with Crippen molar-refractivity contribution in [1.82, 2.24) is 19.9 Å². The molecule has 6 heteroatoms. The lowest BCUT2D eigenvalue weighted by atomic mass is 10.3. The highest BCUT2D eigenvalue weighted by Crippen LogP contribution is 2.15. The van der Waals surface area contributed by atoms with Gasteiger partial charge in [-0.05, 0) is 24.3 Å². The maximum atomic E-state index is 4.63. The zero-order valence-electron chi connectivity index (χ0n) is 14.6. The van der Waals surface area contributed by atoms with E-state index in [1.54, 1.807) is 0 Å². The first-order valence-corrected chi connectivity index (χ1v) is 11.2. The van der Waals surface area contributed by atoms with Gasteiger partial charge in [0.15, 0.2) is 0 Å². The Morgan fingerprint density at radius 1 is 0.615 bits per heavy atom. The van der Waals surface area contributed by atoms with Crippen LogP contribution in [0.15, 0.2) is 48.5 Å². The molecule has 0 atom stereocenters. The summed E-state index contributed by atoms with van der Waals surface area (Å²) in [5.74, 6) is 6.79. The molecule has 0 radical (unpaired) electrons. The third kappa shape index (κ3) is 4.43. The van der Waals surface area contributed by atoms with Gasteiger partial charge in [-0.2, -0.15) is 23.5 Å². The lowest BCUT2D eigenvalue weighted by molar-refractivity contribution is 1.01. The molecule has 0 spiro atoms. The van der Waals surface area contributed by atoms with Crippen molar-refractivity contribution in [3.63, 3.8) is 0 Å². The van der Waals surface area contributed by atoms with Crippen LogP contribution < -0.4 is 0 Å². The standard InChI is InChI=1S/C20H22N4S2/c1-2-6-16-15(5-1)21-19(22-16)9-11-25-13-14-26-12-10-20-23-17-7-3-4-8-18(17)24-20/h1-8H,9-14H2,(H,21,22)(H,23,24). The Labute approximate surface area is 161 Å². The number of fused-ring (bicyclic) bond motifs is 2. The van der Waals surface area contributed by atoms with Gasteiger partial charge in [0.05, 0.1) is 22.1 Å². The van der Waals surface area contributed by atoms with Crippen molar-refractivity contribution in [2.45, 2.75) is 12.8 Å². The van der Waals surface area contributed by atoms with Crippen molar-refractivity contribution >= 4 is 45.6 Å². The van der Waals surface area contributed by atoms with Crippen molar-refractivity contribution in [3.05, 3.63) is 60.2 Å². The SMILES string of the molecule is c1ccc2[nH]c(CCSCCSCCc3nc4ccccc4[nH]3)nc2c1. The van der Waals surface area contributed by atoms with E-state index < -0.39 is 0 Å². The van der Waals surface area contributed by atoms with Gasteiger partial charge >= 0.3 is 0 Å². The van der Waals surface area contributed by atoms with E-state index in [1.807, 2.05) is 47.8 Å². The summed E-state index contributed by atoms with van der Waals surface area (Å²) in [7, 11) is 0. The van der Waals surface area contributed by atoms with Gasteiger partial charge in [0, 0.05) is 35.9 Å². The number of thioether (sulfide) groups is 2. The first-order valence-electron chi connectivity index (χ1n) is 8.91. The minimum atomic E-state index is 1.00. The Balaban J connectivity index is 1.10. The van der Waals surface area contributed by atoms with E-state index in [4.69, 9.17) is 0 Å². The lowest BCUT2D eigenvalue weighted by Gasteiger charge is -2.01. The molecule has 0 unspecified atom stereocenters. The zero-order valence-corrected chi connectivity index (χ0v) is 16.2. The van der Waals surface area contributed by atoms with Crippen molar-refractivity contribution in [1.29, 1.82) is 0 Å². The number of aromatic nitrogens is 4. The van der Waals surface area contributed by atoms with Crippen LogP contribution in [-0.4, -0.2) is 42.9 Å². The van der Waals surface area contributed by atoms with E-state index in [0.717, 1.165) is 58.1 Å². The highest BCUT2D eigenvalue weighted by Gasteiger charge is 2.03. The van der Waals surface area contributed by atoms with Crippen LogP contribution in [0.1, 0.15) is 11.6 Å². The van der Waals surface area contributed by atoms with E-state index in [-0.39, 0.29) is 0 Å². The van der Waals surface area contributed by atoms with Gasteiger partial charge < -0.3 is 9.97 Å². The second-order valence-corrected chi connectivity index (χ2v) is 8.58. The molecule has 26 heavy (non-hydrogen) atoms. The quantitative estimate of drug-likeness (QED) is 0.412. The van der Waals surface area contributed by atoms with E-state index in [1.165, 1.54) is 11.5 Å². The first kappa shape index (κ1) is 17.5. The molecule has 2 N–H and O–H groups in total. The second-order valence-electron chi connectivity index (χ2n) is 6.13. The highest BCUT2D eigenvalue weighted by molar-refractivity contribution is 8.02. The van der Waals surface area contributed by atoms with Gasteiger partial charge in [0.1, 0.15) is 11.6 Å². The maximum Gasteiger partial charge on any atom is 0.108 e. The molecule has 2 aromatic carbocycles. The fourth-order valence-corrected chi connectivity index (χ4v) is 4.93. The normalized spacial score (nSPS) is 11.5. The molecule has 0 aliphatic rings. The number of nitrogens with zero attached hydrogens (tertiary/aromatic N) is 2. The molecule has 0 saturated carbocycles. The van der Waals surface area contributed by atoms with Gasteiger partial charge in [-0.25, -0.2) is 9.97 Å². The van der Waals surface area contributed by atoms with Crippen molar-refractivity contribution in [2.24, 2.45) is 0 Å². The Morgan fingerprint density at radius 3 is 1.54 bits per heavy atom. The van der Waals surface area contributed by atoms with Crippen molar-refractivity contribution < 1.29 is 0 Å². The predicted molar refractivity (Wildman–Crippen MR) is 114 cm³/mol. The van der Waals surface area contributed by atoms with Crippen LogP contribution in [0.4, 0.5) is 0 Å². The molecule has 0 saturated heterocycles. The maximum absolute atomic E-state index is 4.63. The monoisotopic (exact) mass is 382 g/mol. The van der Waals surface area contributed by atoms with Gasteiger partial charge in [-0.1, -0.05) is 24.3 Å². The van der Waals surface area contributed by atoms with Gasteiger partial charge in [0.2, 0.25) is 0 Å². The Kier molecular flexibility index (Phi) is 5.82. The third-order valence-corrected chi connectivity index (χ3v) is 6.44. The predicted octanol–water partition coefficient (Wildman–Crippen LogP) is 4.69. The molecule has 134 valence electrons. The molecule has 0 aliphatic heterocycles. The Morgan fingerprint density at radius 2 is 1.08 bits per heavy atom. The average molecular weight is 383 g/mol. The number of H-pyrrole nitrogens is 2. The molecule has 4 aromatic rings. The number of rotatable bonds is 9. The largest absolute Gasteiger partial charge is 0.342 e. The van der Waals surface area contributed by atoms with Gasteiger partial charge in [0.25, 0.3) is 0 Å². The molecule has 4 nitrogen and oxygen atoms in total. The van der Waals surface area contributed by atoms with Crippen LogP contribution in [-0.2, 0) is 12.8 Å². The molecule has 4 rings (SSSR count). The Bertz CT molecular complexity index is 830. The van der Waals surface area contributed by atoms with E-state index >= 15 is 0 Å². The number of para-hydroxylation sites is 4. The Hall–Kier alpha value is -1.92. The number of aromatic amines is 2. The fourth-order valence-electron chi connectivity index (χ4n) is 2.91. The number of imidazole rings is 2. The molecule has 0 amide bonds. The summed E-state index contributed by atoms with van der Waals surface area (Å²) in [6.07, 6.45) is 2.01. The number of hydrogen-bond donors (Lipinski definition) is 2. The summed E-state index contributed by atoms with van der Waals surface area (Å²) < 4.78 is 0. The second kappa shape index (κ2) is 8.64. The van der Waals surface area contributed by atoms with Gasteiger partial charge in [-0.15, -0.1) is 0 Å². The summed E-state index contributed by atoms with van der Waals surface area (Å²) in [6.45, 7) is 0. The molecule has 2 heterocycles. The number of aryl methyl sites for hydroxylation is 2. The minimum absolute atomic E-state index is 1.00. The van der Waals surface area contributed by atoms with Gasteiger partial charge in [-0.3, -0.25) is 0 Å². The van der Waals surface area contributed by atoms with E-state index in [0.29, 0.717) is 0 Å². The van der Waals surface area contributed by atoms with E-state index in [9.17, 15) is 0 Å². The average Bonchev–Trinajstić information content (AvgIpc) is 3.26. The molecular formula is C20H22N4S2. The van der Waals surface area contributed by atoms with Crippen LogP contribution in [0, 0.1) is 0 Å². The number of nitrogens with one attached hydrogen (secondary N) is 2. The van der Waals surface area contributed by atoms with Crippen molar-refractivity contribution in [2.75, 3.05) is 23.0 Å². The number of benzene rings is 2. The summed E-state index contributed by atoms with van der Waals surface area (Å²) in [5.41, 5.74) is 4.39. The van der Waals surface area contributed by atoms with Crippen LogP contribution in [0.3, 0.4) is 0 Å². The minimum Gasteiger partial charge on any atom is -0.342 e. The molecule has 2 aromatic heterocycles. The highest BCUT2D eigenvalue weighted by atomic mass is 32.2. The first-order chi connectivity index (χ1) is 12.9. The topological polar surface area (TPSA) is 57.4 Å². The third-order valence-electron chi connectivity index (χ3n) is 4.22. The molecule has 0 aliphatic carbocycles. The van der Waals surface area contributed by atoms with E-state index in [2.05, 4.69) is 44.2 Å². The van der Waals surface area contributed by atoms with Crippen LogP contribution in [0.5, 0.6) is 0 Å². The number of hydrogen-bond acceptors (Lipinski definition) is 4.